The minimum absolute atomic E-state index is 0.114. The topological polar surface area (TPSA) is 56.1 Å². The number of unbranched alkanes of at least 4 members (excludes halogenated alkanes) is 1. The maximum atomic E-state index is 12.1. The largest absolute Gasteiger partial charge is 0.377 e. The van der Waals surface area contributed by atoms with E-state index in [9.17, 15) is 4.79 Å². The smallest absolute Gasteiger partial charge is 0.287 e. The Hall–Kier alpha value is -1.07. The lowest BCUT2D eigenvalue weighted by Crippen LogP contribution is -2.32. The number of rotatable bonds is 6. The lowest BCUT2D eigenvalue weighted by atomic mass is 10.1. The van der Waals surface area contributed by atoms with Gasteiger partial charge in [0, 0.05) is 19.2 Å². The zero-order valence-electron chi connectivity index (χ0n) is 12.1. The lowest BCUT2D eigenvalue weighted by Gasteiger charge is -2.21. The average molecular weight is 300 g/mol. The van der Waals surface area contributed by atoms with E-state index in [1.165, 1.54) is 4.68 Å². The van der Waals surface area contributed by atoms with Gasteiger partial charge in [-0.25, -0.2) is 4.68 Å². The molecule has 2 heterocycles. The predicted molar refractivity (Wildman–Crippen MR) is 80.5 cm³/mol. The average Bonchev–Trinajstić information content (AvgIpc) is 2.97. The number of anilines is 1. The fourth-order valence-corrected chi connectivity index (χ4v) is 2.57. The first-order valence-electron chi connectivity index (χ1n) is 7.27. The highest BCUT2D eigenvalue weighted by Gasteiger charge is 2.23. The summed E-state index contributed by atoms with van der Waals surface area (Å²) < 4.78 is 7.05. The van der Waals surface area contributed by atoms with Gasteiger partial charge in [0.25, 0.3) is 5.56 Å². The minimum Gasteiger partial charge on any atom is -0.377 e. The second kappa shape index (κ2) is 7.09. The normalized spacial score (nSPS) is 20.1. The first-order valence-corrected chi connectivity index (χ1v) is 7.65. The van der Waals surface area contributed by atoms with E-state index in [0.717, 1.165) is 32.3 Å². The van der Waals surface area contributed by atoms with Crippen LogP contribution in [0.3, 0.4) is 0 Å². The Morgan fingerprint density at radius 1 is 1.65 bits per heavy atom. The van der Waals surface area contributed by atoms with Gasteiger partial charge in [0.2, 0.25) is 0 Å². The molecule has 1 aliphatic rings. The summed E-state index contributed by atoms with van der Waals surface area (Å²) >= 11 is 6.15. The highest BCUT2D eigenvalue weighted by molar-refractivity contribution is 6.32. The molecule has 1 fully saturated rings. The molecule has 2 atom stereocenters. The van der Waals surface area contributed by atoms with E-state index in [4.69, 9.17) is 16.3 Å². The second-order valence-electron chi connectivity index (χ2n) is 5.24. The van der Waals surface area contributed by atoms with Gasteiger partial charge in [-0.2, -0.15) is 5.10 Å². The number of ether oxygens (including phenoxy) is 1. The molecule has 2 unspecified atom stereocenters. The molecule has 0 amide bonds. The molecule has 1 aromatic rings. The van der Waals surface area contributed by atoms with Gasteiger partial charge >= 0.3 is 0 Å². The standard InChI is InChI=1S/C14H22ClN3O2/c1-3-4-7-18-14(19)13(15)11(9-16-18)17-10(2)12-6-5-8-20-12/h9-10,12,17H,3-8H2,1-2H3. The molecule has 1 aromatic heterocycles. The summed E-state index contributed by atoms with van der Waals surface area (Å²) in [6.07, 6.45) is 5.86. The Morgan fingerprint density at radius 3 is 3.10 bits per heavy atom. The predicted octanol–water partition coefficient (Wildman–Crippen LogP) is 2.68. The van der Waals surface area contributed by atoms with Crippen LogP contribution in [0.2, 0.25) is 5.02 Å². The molecule has 1 N–H and O–H groups in total. The van der Waals surface area contributed by atoms with Crippen molar-refractivity contribution in [1.82, 2.24) is 9.78 Å². The van der Waals surface area contributed by atoms with Crippen molar-refractivity contribution in [2.75, 3.05) is 11.9 Å². The number of hydrogen-bond donors (Lipinski definition) is 1. The Balaban J connectivity index is 2.08. The molecular weight excluding hydrogens is 278 g/mol. The fourth-order valence-electron chi connectivity index (χ4n) is 2.37. The van der Waals surface area contributed by atoms with Gasteiger partial charge in [0.1, 0.15) is 5.02 Å². The molecule has 0 radical (unpaired) electrons. The van der Waals surface area contributed by atoms with Crippen LogP contribution in [0.15, 0.2) is 11.0 Å². The molecule has 0 aliphatic carbocycles. The van der Waals surface area contributed by atoms with Crippen LogP contribution in [0, 0.1) is 0 Å². The molecule has 1 saturated heterocycles. The van der Waals surface area contributed by atoms with E-state index in [-0.39, 0.29) is 22.7 Å². The van der Waals surface area contributed by atoms with Crippen molar-refractivity contribution in [2.45, 2.75) is 58.2 Å². The summed E-state index contributed by atoms with van der Waals surface area (Å²) in [4.78, 5) is 12.1. The van der Waals surface area contributed by atoms with Crippen LogP contribution in [0.5, 0.6) is 0 Å². The van der Waals surface area contributed by atoms with Crippen LogP contribution >= 0.6 is 11.6 Å². The summed E-state index contributed by atoms with van der Waals surface area (Å²) in [5.41, 5.74) is 0.358. The van der Waals surface area contributed by atoms with Crippen molar-refractivity contribution in [1.29, 1.82) is 0 Å². The van der Waals surface area contributed by atoms with E-state index in [2.05, 4.69) is 17.3 Å². The Labute approximate surface area is 124 Å². The third-order valence-corrected chi connectivity index (χ3v) is 3.98. The summed E-state index contributed by atoms with van der Waals surface area (Å²) in [7, 11) is 0. The molecule has 2 rings (SSSR count). The first kappa shape index (κ1) is 15.3. The van der Waals surface area contributed by atoms with E-state index in [1.807, 2.05) is 6.92 Å². The molecule has 0 aromatic carbocycles. The highest BCUT2D eigenvalue weighted by Crippen LogP contribution is 2.21. The number of halogens is 1. The lowest BCUT2D eigenvalue weighted by molar-refractivity contribution is 0.0996. The van der Waals surface area contributed by atoms with Gasteiger partial charge in [-0.1, -0.05) is 24.9 Å². The maximum absolute atomic E-state index is 12.1. The Bertz CT molecular complexity index is 498. The zero-order valence-corrected chi connectivity index (χ0v) is 12.8. The third-order valence-electron chi connectivity index (χ3n) is 3.61. The fraction of sp³-hybridized carbons (Fsp3) is 0.714. The molecule has 0 spiro atoms. The van der Waals surface area contributed by atoms with E-state index in [1.54, 1.807) is 6.20 Å². The molecule has 0 bridgehead atoms. The maximum Gasteiger partial charge on any atom is 0.287 e. The van der Waals surface area contributed by atoms with E-state index < -0.39 is 0 Å². The molecule has 20 heavy (non-hydrogen) atoms. The highest BCUT2D eigenvalue weighted by atomic mass is 35.5. The van der Waals surface area contributed by atoms with Crippen LogP contribution < -0.4 is 10.9 Å². The summed E-state index contributed by atoms with van der Waals surface area (Å²) in [6, 6.07) is 0.114. The zero-order chi connectivity index (χ0) is 14.5. The number of aryl methyl sites for hydroxylation is 1. The van der Waals surface area contributed by atoms with Crippen molar-refractivity contribution in [3.05, 3.63) is 21.6 Å². The summed E-state index contributed by atoms with van der Waals surface area (Å²) in [5.74, 6) is 0. The SMILES string of the molecule is CCCCn1ncc(NC(C)C2CCCO2)c(Cl)c1=O. The Morgan fingerprint density at radius 2 is 2.45 bits per heavy atom. The Kier molecular flexibility index (Phi) is 5.43. The quantitative estimate of drug-likeness (QED) is 0.877. The van der Waals surface area contributed by atoms with E-state index in [0.29, 0.717) is 12.2 Å². The molecule has 6 heteroatoms. The van der Waals surface area contributed by atoms with Gasteiger partial charge in [-0.05, 0) is 26.2 Å². The molecule has 1 aliphatic heterocycles. The van der Waals surface area contributed by atoms with Gasteiger partial charge in [0.05, 0.1) is 18.0 Å². The van der Waals surface area contributed by atoms with Crippen LogP contribution in [-0.2, 0) is 11.3 Å². The van der Waals surface area contributed by atoms with Crippen molar-refractivity contribution >= 4 is 17.3 Å². The van der Waals surface area contributed by atoms with Crippen molar-refractivity contribution in [2.24, 2.45) is 0 Å². The number of nitrogens with one attached hydrogen (secondary N) is 1. The van der Waals surface area contributed by atoms with Gasteiger partial charge in [-0.15, -0.1) is 0 Å². The summed E-state index contributed by atoms with van der Waals surface area (Å²) in [5, 5.41) is 7.63. The van der Waals surface area contributed by atoms with Crippen LogP contribution in [0.1, 0.15) is 39.5 Å². The second-order valence-corrected chi connectivity index (χ2v) is 5.62. The number of aromatic nitrogens is 2. The molecule has 0 saturated carbocycles. The minimum atomic E-state index is -0.232. The van der Waals surface area contributed by atoms with Gasteiger partial charge in [0.15, 0.2) is 0 Å². The molecule has 112 valence electrons. The van der Waals surface area contributed by atoms with Crippen LogP contribution in [-0.4, -0.2) is 28.5 Å². The number of nitrogens with zero attached hydrogens (tertiary/aromatic N) is 2. The van der Waals surface area contributed by atoms with Crippen LogP contribution in [0.4, 0.5) is 5.69 Å². The third kappa shape index (κ3) is 3.52. The molecular formula is C14H22ClN3O2. The number of hydrogen-bond acceptors (Lipinski definition) is 4. The van der Waals surface area contributed by atoms with Crippen molar-refractivity contribution < 1.29 is 4.74 Å². The van der Waals surface area contributed by atoms with Gasteiger partial charge in [-0.3, -0.25) is 4.79 Å². The van der Waals surface area contributed by atoms with Crippen LogP contribution in [0.25, 0.3) is 0 Å². The van der Waals surface area contributed by atoms with Gasteiger partial charge < -0.3 is 10.1 Å². The van der Waals surface area contributed by atoms with Crippen molar-refractivity contribution in [3.8, 4) is 0 Å². The summed E-state index contributed by atoms with van der Waals surface area (Å²) in [6.45, 7) is 5.53. The van der Waals surface area contributed by atoms with E-state index >= 15 is 0 Å². The first-order chi connectivity index (χ1) is 9.63. The van der Waals surface area contributed by atoms with Crippen molar-refractivity contribution in [3.63, 3.8) is 0 Å². The molecule has 5 nitrogen and oxygen atoms in total. The monoisotopic (exact) mass is 299 g/mol.